The van der Waals surface area contributed by atoms with Crippen LogP contribution in [0.3, 0.4) is 0 Å². The van der Waals surface area contributed by atoms with Gasteiger partial charge in [0, 0.05) is 0 Å². The van der Waals surface area contributed by atoms with Crippen molar-refractivity contribution in [1.29, 1.82) is 0 Å². The first-order chi connectivity index (χ1) is 13.7. The Morgan fingerprint density at radius 1 is 0.750 bits per heavy atom. The maximum absolute atomic E-state index is 12.7. The molecule has 0 heterocycles. The predicted molar refractivity (Wildman–Crippen MR) is 118 cm³/mol. The van der Waals surface area contributed by atoms with Crippen LogP contribution < -0.4 is 4.74 Å². The average Bonchev–Trinajstić information content (AvgIpc) is 2.75. The lowest BCUT2D eigenvalue weighted by Gasteiger charge is -2.36. The summed E-state index contributed by atoms with van der Waals surface area (Å²) < 4.78 is 5.75. The fraction of sp³-hybridized carbons (Fsp3) is 0.720. The van der Waals surface area contributed by atoms with Gasteiger partial charge >= 0.3 is 5.97 Å². The zero-order valence-corrected chi connectivity index (χ0v) is 17.7. The van der Waals surface area contributed by atoms with Crippen molar-refractivity contribution < 1.29 is 9.53 Å². The van der Waals surface area contributed by atoms with Crippen LogP contribution in [0.1, 0.15) is 95.0 Å². The van der Waals surface area contributed by atoms with Crippen LogP contribution in [0, 0.1) is 17.8 Å². The second-order valence-corrected chi connectivity index (χ2v) is 9.96. The van der Waals surface area contributed by atoms with Gasteiger partial charge in [0.05, 0.1) is 5.92 Å². The maximum atomic E-state index is 12.7. The SMILES string of the molecule is BC1CCC(C2CCC(C(=O)Oc3ccc(C4CCCCC4)cc3)CC2)CC1. The van der Waals surface area contributed by atoms with Crippen molar-refractivity contribution >= 4 is 13.8 Å². The van der Waals surface area contributed by atoms with E-state index in [2.05, 4.69) is 20.0 Å². The lowest BCUT2D eigenvalue weighted by Crippen LogP contribution is -2.29. The van der Waals surface area contributed by atoms with Crippen molar-refractivity contribution in [3.05, 3.63) is 29.8 Å². The van der Waals surface area contributed by atoms with Crippen LogP contribution in [0.5, 0.6) is 5.75 Å². The Kier molecular flexibility index (Phi) is 6.80. The highest BCUT2D eigenvalue weighted by Gasteiger charge is 2.33. The first-order valence-corrected chi connectivity index (χ1v) is 12.0. The van der Waals surface area contributed by atoms with E-state index in [1.165, 1.54) is 76.2 Å². The fourth-order valence-electron chi connectivity index (χ4n) is 6.03. The molecule has 0 bridgehead atoms. The lowest BCUT2D eigenvalue weighted by atomic mass is 9.65. The van der Waals surface area contributed by atoms with Crippen LogP contribution in [0.15, 0.2) is 24.3 Å². The lowest BCUT2D eigenvalue weighted by molar-refractivity contribution is -0.140. The molecule has 3 aliphatic rings. The van der Waals surface area contributed by atoms with Gasteiger partial charge in [0.15, 0.2) is 0 Å². The summed E-state index contributed by atoms with van der Waals surface area (Å²) in [5.74, 6) is 4.24. The van der Waals surface area contributed by atoms with Crippen molar-refractivity contribution in [1.82, 2.24) is 0 Å². The molecule has 0 N–H and O–H groups in total. The molecule has 0 spiro atoms. The van der Waals surface area contributed by atoms with Gasteiger partial charge in [-0.2, -0.15) is 0 Å². The van der Waals surface area contributed by atoms with Crippen LogP contribution in [0.25, 0.3) is 0 Å². The van der Waals surface area contributed by atoms with Crippen LogP contribution in [0.2, 0.25) is 5.82 Å². The van der Waals surface area contributed by atoms with E-state index in [4.69, 9.17) is 4.74 Å². The molecule has 0 radical (unpaired) electrons. The minimum Gasteiger partial charge on any atom is -0.426 e. The normalized spacial score (nSPS) is 32.0. The largest absolute Gasteiger partial charge is 0.426 e. The van der Waals surface area contributed by atoms with Crippen LogP contribution in [-0.4, -0.2) is 13.8 Å². The summed E-state index contributed by atoms with van der Waals surface area (Å²) in [6, 6.07) is 8.38. The molecular formula is C25H37BO2. The van der Waals surface area contributed by atoms with E-state index >= 15 is 0 Å². The molecule has 0 atom stereocenters. The number of hydrogen-bond acceptors (Lipinski definition) is 2. The molecular weight excluding hydrogens is 343 g/mol. The third-order valence-electron chi connectivity index (χ3n) is 8.01. The Morgan fingerprint density at radius 3 is 1.93 bits per heavy atom. The summed E-state index contributed by atoms with van der Waals surface area (Å²) in [6.07, 6.45) is 16.8. The van der Waals surface area contributed by atoms with Crippen molar-refractivity contribution in [2.24, 2.45) is 17.8 Å². The van der Waals surface area contributed by atoms with Gasteiger partial charge in [0.1, 0.15) is 13.6 Å². The van der Waals surface area contributed by atoms with Crippen LogP contribution >= 0.6 is 0 Å². The van der Waals surface area contributed by atoms with Crippen molar-refractivity contribution in [2.45, 2.75) is 95.2 Å². The summed E-state index contributed by atoms with van der Waals surface area (Å²) in [4.78, 5) is 12.7. The van der Waals surface area contributed by atoms with Crippen LogP contribution in [-0.2, 0) is 4.79 Å². The molecule has 3 aliphatic carbocycles. The summed E-state index contributed by atoms with van der Waals surface area (Å²) >= 11 is 0. The summed E-state index contributed by atoms with van der Waals surface area (Å²) in [5, 5.41) is 0. The smallest absolute Gasteiger partial charge is 0.314 e. The number of esters is 1. The van der Waals surface area contributed by atoms with E-state index in [1.54, 1.807) is 0 Å². The van der Waals surface area contributed by atoms with E-state index in [9.17, 15) is 4.79 Å². The molecule has 0 unspecified atom stereocenters. The molecule has 152 valence electrons. The molecule has 0 amide bonds. The third-order valence-corrected chi connectivity index (χ3v) is 8.01. The first-order valence-electron chi connectivity index (χ1n) is 12.0. The number of carbonyl (C=O) groups excluding carboxylic acids is 1. The molecule has 28 heavy (non-hydrogen) atoms. The highest BCUT2D eigenvalue weighted by molar-refractivity contribution is 6.11. The topological polar surface area (TPSA) is 26.3 Å². The Balaban J connectivity index is 1.24. The Bertz CT molecular complexity index is 618. The standard InChI is InChI=1S/C25H37BO2/c26-23-14-10-20(11-15-23)19-6-8-22(9-7-19)25(27)28-24-16-12-21(13-17-24)18-4-2-1-3-5-18/h12-13,16-20,22-23H,1-11,14-15,26H2. The number of rotatable bonds is 4. The second kappa shape index (κ2) is 9.50. The minimum atomic E-state index is 0.00105. The number of hydrogen-bond donors (Lipinski definition) is 0. The van der Waals surface area contributed by atoms with Gasteiger partial charge in [-0.1, -0.05) is 62.9 Å². The monoisotopic (exact) mass is 380 g/mol. The molecule has 1 aromatic rings. The number of ether oxygens (including phenoxy) is 1. The molecule has 0 aromatic heterocycles. The van der Waals surface area contributed by atoms with Crippen molar-refractivity contribution in [3.8, 4) is 5.75 Å². The van der Waals surface area contributed by atoms with Gasteiger partial charge in [-0.15, -0.1) is 0 Å². The van der Waals surface area contributed by atoms with E-state index in [0.29, 0.717) is 5.92 Å². The highest BCUT2D eigenvalue weighted by Crippen LogP contribution is 2.42. The number of benzene rings is 1. The first kappa shape index (κ1) is 20.0. The maximum Gasteiger partial charge on any atom is 0.314 e. The van der Waals surface area contributed by atoms with Crippen LogP contribution in [0.4, 0.5) is 0 Å². The molecule has 3 fully saturated rings. The van der Waals surface area contributed by atoms with Gasteiger partial charge in [0.2, 0.25) is 0 Å². The van der Waals surface area contributed by atoms with Crippen molar-refractivity contribution in [3.63, 3.8) is 0 Å². The Hall–Kier alpha value is -1.25. The molecule has 2 nitrogen and oxygen atoms in total. The van der Waals surface area contributed by atoms with Gasteiger partial charge in [-0.3, -0.25) is 4.79 Å². The molecule has 0 aliphatic heterocycles. The summed E-state index contributed by atoms with van der Waals surface area (Å²) in [5.41, 5.74) is 1.42. The van der Waals surface area contributed by atoms with E-state index in [0.717, 1.165) is 36.2 Å². The summed E-state index contributed by atoms with van der Waals surface area (Å²) in [6.45, 7) is 0. The van der Waals surface area contributed by atoms with Gasteiger partial charge in [-0.25, -0.2) is 0 Å². The Labute approximate surface area is 172 Å². The number of carbonyl (C=O) groups is 1. The van der Waals surface area contributed by atoms with E-state index < -0.39 is 0 Å². The van der Waals surface area contributed by atoms with Gasteiger partial charge in [-0.05, 0) is 74.0 Å². The zero-order valence-electron chi connectivity index (χ0n) is 17.7. The van der Waals surface area contributed by atoms with Gasteiger partial charge in [0.25, 0.3) is 0 Å². The zero-order chi connectivity index (χ0) is 19.3. The quantitative estimate of drug-likeness (QED) is 0.361. The summed E-state index contributed by atoms with van der Waals surface area (Å²) in [7, 11) is 2.39. The molecule has 1 aromatic carbocycles. The molecule has 3 heteroatoms. The van der Waals surface area contributed by atoms with Crippen molar-refractivity contribution in [2.75, 3.05) is 0 Å². The molecule has 0 saturated heterocycles. The average molecular weight is 380 g/mol. The predicted octanol–water partition coefficient (Wildman–Crippen LogP) is 6.06. The minimum absolute atomic E-state index is 0.00105. The Morgan fingerprint density at radius 2 is 1.32 bits per heavy atom. The highest BCUT2D eigenvalue weighted by atomic mass is 16.5. The third kappa shape index (κ3) is 5.02. The molecule has 4 rings (SSSR count). The van der Waals surface area contributed by atoms with Gasteiger partial charge < -0.3 is 4.74 Å². The molecule has 3 saturated carbocycles. The fourth-order valence-corrected chi connectivity index (χ4v) is 6.03. The van der Waals surface area contributed by atoms with E-state index in [1.807, 2.05) is 12.1 Å². The van der Waals surface area contributed by atoms with E-state index in [-0.39, 0.29) is 11.9 Å². The second-order valence-electron chi connectivity index (χ2n) is 9.96.